The molecular formula is C19H17N7O. The molecule has 8 heteroatoms. The number of hydrogen-bond donors (Lipinski definition) is 2. The van der Waals surface area contributed by atoms with Crippen molar-refractivity contribution >= 4 is 5.52 Å². The summed E-state index contributed by atoms with van der Waals surface area (Å²) < 4.78 is 7.80. The van der Waals surface area contributed by atoms with Crippen molar-refractivity contribution in [3.05, 3.63) is 65.9 Å². The predicted octanol–water partition coefficient (Wildman–Crippen LogP) is 2.59. The van der Waals surface area contributed by atoms with Gasteiger partial charge in [0.25, 0.3) is 0 Å². The van der Waals surface area contributed by atoms with E-state index in [4.69, 9.17) is 10.5 Å². The largest absolute Gasteiger partial charge is 0.482 e. The van der Waals surface area contributed by atoms with Crippen LogP contribution in [0.15, 0.2) is 48.9 Å². The standard InChI is InChI=1S/C19H17N7O/c1-12(16-4-2-3-5-22-16)27-18-6-13(17-7-15(9-21)24-25-17)11-26-19(18)14(8-20)10-23-26/h2-7,10-12H,9,21H2,1H3,(H,24,25). The van der Waals surface area contributed by atoms with Crippen LogP contribution in [0.4, 0.5) is 0 Å². The smallest absolute Gasteiger partial charge is 0.148 e. The van der Waals surface area contributed by atoms with Crippen LogP contribution in [0.5, 0.6) is 5.75 Å². The van der Waals surface area contributed by atoms with Crippen molar-refractivity contribution in [1.82, 2.24) is 24.8 Å². The summed E-state index contributed by atoms with van der Waals surface area (Å²) in [4.78, 5) is 4.34. The SMILES string of the molecule is CC(Oc1cc(-c2cc(CN)[nH]n2)cn2ncc(C#N)c12)c1ccccn1. The lowest BCUT2D eigenvalue weighted by Crippen LogP contribution is -2.06. The van der Waals surface area contributed by atoms with Crippen LogP contribution in [0.3, 0.4) is 0 Å². The Morgan fingerprint density at radius 3 is 2.96 bits per heavy atom. The summed E-state index contributed by atoms with van der Waals surface area (Å²) in [5.74, 6) is 0.539. The summed E-state index contributed by atoms with van der Waals surface area (Å²) in [6.07, 6.45) is 4.75. The molecule has 0 aromatic carbocycles. The van der Waals surface area contributed by atoms with Crippen molar-refractivity contribution in [2.24, 2.45) is 5.73 Å². The molecule has 134 valence electrons. The van der Waals surface area contributed by atoms with E-state index in [0.29, 0.717) is 23.4 Å². The molecule has 1 unspecified atom stereocenters. The number of pyridine rings is 2. The third-order valence-electron chi connectivity index (χ3n) is 4.25. The Labute approximate surface area is 155 Å². The zero-order chi connectivity index (χ0) is 18.8. The molecule has 0 aliphatic heterocycles. The number of fused-ring (bicyclic) bond motifs is 1. The van der Waals surface area contributed by atoms with Gasteiger partial charge in [0.1, 0.15) is 29.0 Å². The molecule has 4 aromatic rings. The zero-order valence-electron chi connectivity index (χ0n) is 14.6. The van der Waals surface area contributed by atoms with Crippen LogP contribution in [0, 0.1) is 11.3 Å². The minimum Gasteiger partial charge on any atom is -0.482 e. The first-order valence-electron chi connectivity index (χ1n) is 8.43. The van der Waals surface area contributed by atoms with Crippen LogP contribution in [-0.4, -0.2) is 24.8 Å². The highest BCUT2D eigenvalue weighted by Gasteiger charge is 2.17. The summed E-state index contributed by atoms with van der Waals surface area (Å²) in [5.41, 5.74) is 9.85. The van der Waals surface area contributed by atoms with Crippen LogP contribution in [0.1, 0.15) is 30.0 Å². The number of H-pyrrole nitrogens is 1. The van der Waals surface area contributed by atoms with Gasteiger partial charge in [0, 0.05) is 30.2 Å². The van der Waals surface area contributed by atoms with Gasteiger partial charge in [0.15, 0.2) is 0 Å². The molecule has 0 fully saturated rings. The Balaban J connectivity index is 1.81. The summed E-state index contributed by atoms with van der Waals surface area (Å²) in [6, 6.07) is 11.5. The first-order valence-corrected chi connectivity index (χ1v) is 8.43. The molecule has 1 atom stereocenters. The van der Waals surface area contributed by atoms with E-state index in [1.165, 1.54) is 6.20 Å². The molecule has 0 aliphatic carbocycles. The zero-order valence-corrected chi connectivity index (χ0v) is 14.6. The summed E-state index contributed by atoms with van der Waals surface area (Å²) >= 11 is 0. The molecule has 0 saturated heterocycles. The number of nitrogens with one attached hydrogen (secondary N) is 1. The first-order chi connectivity index (χ1) is 13.2. The van der Waals surface area contributed by atoms with E-state index in [2.05, 4.69) is 26.3 Å². The number of aromatic nitrogens is 5. The number of hydrogen-bond acceptors (Lipinski definition) is 6. The van der Waals surface area contributed by atoms with E-state index < -0.39 is 0 Å². The van der Waals surface area contributed by atoms with Crippen molar-refractivity contribution < 1.29 is 4.74 Å². The average molecular weight is 359 g/mol. The fourth-order valence-corrected chi connectivity index (χ4v) is 2.88. The Bertz CT molecular complexity index is 1120. The molecule has 0 aliphatic rings. The molecule has 0 bridgehead atoms. The molecular weight excluding hydrogens is 342 g/mol. The molecule has 0 spiro atoms. The molecule has 0 radical (unpaired) electrons. The highest BCUT2D eigenvalue weighted by molar-refractivity contribution is 5.74. The van der Waals surface area contributed by atoms with Crippen molar-refractivity contribution in [1.29, 1.82) is 5.26 Å². The molecule has 0 amide bonds. The van der Waals surface area contributed by atoms with Crippen molar-refractivity contribution in [2.45, 2.75) is 19.6 Å². The maximum atomic E-state index is 9.42. The van der Waals surface area contributed by atoms with Crippen molar-refractivity contribution in [3.8, 4) is 23.1 Å². The number of aromatic amines is 1. The van der Waals surface area contributed by atoms with Crippen LogP contribution < -0.4 is 10.5 Å². The Hall–Kier alpha value is -3.70. The first kappa shape index (κ1) is 16.8. The van der Waals surface area contributed by atoms with Gasteiger partial charge in [-0.15, -0.1) is 0 Å². The Morgan fingerprint density at radius 2 is 2.26 bits per heavy atom. The molecule has 3 N–H and O–H groups in total. The maximum absolute atomic E-state index is 9.42. The maximum Gasteiger partial charge on any atom is 0.148 e. The van der Waals surface area contributed by atoms with Crippen LogP contribution in [-0.2, 0) is 6.54 Å². The normalized spacial score (nSPS) is 12.0. The van der Waals surface area contributed by atoms with Gasteiger partial charge in [0.2, 0.25) is 0 Å². The average Bonchev–Trinajstić information content (AvgIpc) is 3.35. The topological polar surface area (TPSA) is 118 Å². The van der Waals surface area contributed by atoms with E-state index in [9.17, 15) is 5.26 Å². The van der Waals surface area contributed by atoms with Crippen LogP contribution >= 0.6 is 0 Å². The lowest BCUT2D eigenvalue weighted by atomic mass is 10.1. The highest BCUT2D eigenvalue weighted by Crippen LogP contribution is 2.32. The van der Waals surface area contributed by atoms with Crippen molar-refractivity contribution in [3.63, 3.8) is 0 Å². The van der Waals surface area contributed by atoms with Gasteiger partial charge in [-0.2, -0.15) is 15.5 Å². The lowest BCUT2D eigenvalue weighted by molar-refractivity contribution is 0.224. The second kappa shape index (κ2) is 6.90. The summed E-state index contributed by atoms with van der Waals surface area (Å²) in [7, 11) is 0. The fourth-order valence-electron chi connectivity index (χ4n) is 2.88. The van der Waals surface area contributed by atoms with Gasteiger partial charge >= 0.3 is 0 Å². The van der Waals surface area contributed by atoms with Gasteiger partial charge in [0.05, 0.1) is 17.6 Å². The van der Waals surface area contributed by atoms with Gasteiger partial charge < -0.3 is 10.5 Å². The van der Waals surface area contributed by atoms with E-state index >= 15 is 0 Å². The number of nitrogens with zero attached hydrogens (tertiary/aromatic N) is 5. The molecule has 4 rings (SSSR count). The van der Waals surface area contributed by atoms with E-state index in [1.807, 2.05) is 43.5 Å². The molecule has 4 aromatic heterocycles. The Morgan fingerprint density at radius 1 is 1.37 bits per heavy atom. The minimum absolute atomic E-state index is 0.300. The van der Waals surface area contributed by atoms with Crippen LogP contribution in [0.25, 0.3) is 16.8 Å². The van der Waals surface area contributed by atoms with Gasteiger partial charge in [-0.05, 0) is 31.2 Å². The van der Waals surface area contributed by atoms with E-state index in [1.54, 1.807) is 10.7 Å². The summed E-state index contributed by atoms with van der Waals surface area (Å²) in [5, 5.41) is 20.9. The quantitative estimate of drug-likeness (QED) is 0.565. The van der Waals surface area contributed by atoms with Gasteiger partial charge in [-0.1, -0.05) is 6.07 Å². The Kier molecular flexibility index (Phi) is 4.28. The van der Waals surface area contributed by atoms with Gasteiger partial charge in [-0.3, -0.25) is 10.1 Å². The number of ether oxygens (including phenoxy) is 1. The molecule has 4 heterocycles. The second-order valence-electron chi connectivity index (χ2n) is 6.05. The van der Waals surface area contributed by atoms with Crippen molar-refractivity contribution in [2.75, 3.05) is 0 Å². The molecule has 8 nitrogen and oxygen atoms in total. The predicted molar refractivity (Wildman–Crippen MR) is 98.7 cm³/mol. The van der Waals surface area contributed by atoms with E-state index in [0.717, 1.165) is 22.6 Å². The number of nitrogens with two attached hydrogens (primary N) is 1. The molecule has 0 saturated carbocycles. The van der Waals surface area contributed by atoms with Gasteiger partial charge in [-0.25, -0.2) is 4.52 Å². The third-order valence-corrected chi connectivity index (χ3v) is 4.25. The minimum atomic E-state index is -0.300. The monoisotopic (exact) mass is 359 g/mol. The lowest BCUT2D eigenvalue weighted by Gasteiger charge is -2.16. The van der Waals surface area contributed by atoms with E-state index in [-0.39, 0.29) is 6.10 Å². The van der Waals surface area contributed by atoms with Crippen LogP contribution in [0.2, 0.25) is 0 Å². The summed E-state index contributed by atoms with van der Waals surface area (Å²) in [6.45, 7) is 2.28. The third kappa shape index (κ3) is 3.12. The number of nitriles is 1. The fraction of sp³-hybridized carbons (Fsp3) is 0.158. The highest BCUT2D eigenvalue weighted by atomic mass is 16.5. The second-order valence-corrected chi connectivity index (χ2v) is 6.05. The number of rotatable bonds is 5. The molecule has 27 heavy (non-hydrogen) atoms.